The van der Waals surface area contributed by atoms with Gasteiger partial charge < -0.3 is 20.1 Å². The molecule has 0 aliphatic heterocycles. The summed E-state index contributed by atoms with van der Waals surface area (Å²) in [5.74, 6) is 0.933. The van der Waals surface area contributed by atoms with Crippen LogP contribution >= 0.6 is 11.6 Å². The molecule has 1 saturated carbocycles. The summed E-state index contributed by atoms with van der Waals surface area (Å²) in [7, 11) is 3.03. The third kappa shape index (κ3) is 5.66. The van der Waals surface area contributed by atoms with Gasteiger partial charge in [0, 0.05) is 25.1 Å². The van der Waals surface area contributed by atoms with Crippen LogP contribution in [0.1, 0.15) is 31.2 Å². The molecular weight excluding hydrogens is 356 g/mol. The summed E-state index contributed by atoms with van der Waals surface area (Å²) in [6, 6.07) is 3.42. The summed E-state index contributed by atoms with van der Waals surface area (Å²) in [4.78, 5) is 23.8. The lowest BCUT2D eigenvalue weighted by Gasteiger charge is -2.10. The van der Waals surface area contributed by atoms with Gasteiger partial charge in [-0.05, 0) is 36.6 Å². The number of amides is 2. The Morgan fingerprint density at radius 3 is 2.50 bits per heavy atom. The quantitative estimate of drug-likeness (QED) is 0.537. The number of benzene rings is 1. The van der Waals surface area contributed by atoms with Crippen molar-refractivity contribution in [3.63, 3.8) is 0 Å². The van der Waals surface area contributed by atoms with E-state index < -0.39 is 0 Å². The number of hydrogen-bond acceptors (Lipinski definition) is 4. The fourth-order valence-corrected chi connectivity index (χ4v) is 3.26. The maximum atomic E-state index is 11.9. The van der Waals surface area contributed by atoms with Crippen molar-refractivity contribution in [1.29, 1.82) is 0 Å². The molecule has 0 spiro atoms. The van der Waals surface area contributed by atoms with Crippen LogP contribution in [0.15, 0.2) is 18.2 Å². The van der Waals surface area contributed by atoms with Gasteiger partial charge in [-0.15, -0.1) is 0 Å². The average molecular weight is 381 g/mol. The van der Waals surface area contributed by atoms with E-state index in [0.717, 1.165) is 31.2 Å². The molecule has 0 heterocycles. The van der Waals surface area contributed by atoms with Crippen molar-refractivity contribution >= 4 is 29.5 Å². The zero-order valence-electron chi connectivity index (χ0n) is 15.1. The van der Waals surface area contributed by atoms with Crippen LogP contribution in [0.5, 0.6) is 11.5 Å². The highest BCUT2D eigenvalue weighted by Gasteiger charge is 2.21. The normalized spacial score (nSPS) is 14.4. The lowest BCUT2D eigenvalue weighted by molar-refractivity contribution is -0.125. The van der Waals surface area contributed by atoms with Gasteiger partial charge in [-0.2, -0.15) is 0 Å². The molecule has 6 nitrogen and oxygen atoms in total. The van der Waals surface area contributed by atoms with Gasteiger partial charge >= 0.3 is 0 Å². The highest BCUT2D eigenvalue weighted by atomic mass is 35.5. The van der Waals surface area contributed by atoms with E-state index in [9.17, 15) is 9.59 Å². The van der Waals surface area contributed by atoms with E-state index in [1.807, 2.05) is 0 Å². The van der Waals surface area contributed by atoms with Crippen molar-refractivity contribution in [3.8, 4) is 11.5 Å². The second-order valence-corrected chi connectivity index (χ2v) is 6.54. The Kier molecular flexibility index (Phi) is 7.78. The Bertz CT molecular complexity index is 670. The largest absolute Gasteiger partial charge is 0.493 e. The lowest BCUT2D eigenvalue weighted by atomic mass is 10.1. The molecule has 1 aromatic carbocycles. The molecule has 7 heteroatoms. The molecule has 0 unspecified atom stereocenters. The second-order valence-electron chi connectivity index (χ2n) is 6.14. The molecule has 0 radical (unpaired) electrons. The van der Waals surface area contributed by atoms with Crippen molar-refractivity contribution in [2.45, 2.75) is 25.7 Å². The van der Waals surface area contributed by atoms with Crippen molar-refractivity contribution < 1.29 is 19.1 Å². The number of hydrogen-bond donors (Lipinski definition) is 2. The van der Waals surface area contributed by atoms with Crippen LogP contribution in [0.4, 0.5) is 0 Å². The molecule has 1 fully saturated rings. The van der Waals surface area contributed by atoms with Crippen molar-refractivity contribution in [2.75, 3.05) is 27.3 Å². The van der Waals surface area contributed by atoms with E-state index in [4.69, 9.17) is 21.1 Å². The first kappa shape index (κ1) is 20.1. The molecular formula is C19H25ClN2O4. The minimum absolute atomic E-state index is 0.0901. The Morgan fingerprint density at radius 2 is 1.85 bits per heavy atom. The van der Waals surface area contributed by atoms with Crippen LogP contribution in [0.25, 0.3) is 6.08 Å². The number of methoxy groups -OCH3 is 2. The van der Waals surface area contributed by atoms with Gasteiger partial charge in [-0.25, -0.2) is 0 Å². The van der Waals surface area contributed by atoms with Crippen molar-refractivity contribution in [1.82, 2.24) is 10.6 Å². The van der Waals surface area contributed by atoms with Crippen LogP contribution < -0.4 is 20.1 Å². The smallest absolute Gasteiger partial charge is 0.244 e. The maximum Gasteiger partial charge on any atom is 0.244 e. The molecule has 1 aliphatic carbocycles. The number of nitrogens with one attached hydrogen (secondary N) is 2. The van der Waals surface area contributed by atoms with Gasteiger partial charge in [0.15, 0.2) is 11.5 Å². The molecule has 0 aromatic heterocycles. The van der Waals surface area contributed by atoms with Crippen molar-refractivity contribution in [3.05, 3.63) is 28.8 Å². The summed E-state index contributed by atoms with van der Waals surface area (Å²) >= 11 is 6.13. The molecule has 2 rings (SSSR count). The van der Waals surface area contributed by atoms with Gasteiger partial charge in [-0.3, -0.25) is 9.59 Å². The van der Waals surface area contributed by atoms with Gasteiger partial charge in [0.25, 0.3) is 0 Å². The minimum Gasteiger partial charge on any atom is -0.493 e. The van der Waals surface area contributed by atoms with E-state index in [1.54, 1.807) is 18.2 Å². The third-order valence-corrected chi connectivity index (χ3v) is 4.61. The Morgan fingerprint density at radius 1 is 1.15 bits per heavy atom. The van der Waals surface area contributed by atoms with E-state index in [0.29, 0.717) is 29.6 Å². The molecule has 26 heavy (non-hydrogen) atoms. The summed E-state index contributed by atoms with van der Waals surface area (Å²) in [5, 5.41) is 6.00. The first-order chi connectivity index (χ1) is 12.5. The number of ether oxygens (including phenoxy) is 2. The van der Waals surface area contributed by atoms with Crippen LogP contribution in [-0.4, -0.2) is 39.1 Å². The number of rotatable bonds is 8. The van der Waals surface area contributed by atoms with Crippen LogP contribution in [0.3, 0.4) is 0 Å². The molecule has 0 atom stereocenters. The van der Waals surface area contributed by atoms with Gasteiger partial charge in [0.05, 0.1) is 19.2 Å². The number of carbonyl (C=O) groups is 2. The molecule has 2 N–H and O–H groups in total. The predicted octanol–water partition coefficient (Wildman–Crippen LogP) is 2.79. The first-order valence-electron chi connectivity index (χ1n) is 8.70. The summed E-state index contributed by atoms with van der Waals surface area (Å²) in [6.07, 6.45) is 7.24. The van der Waals surface area contributed by atoms with E-state index in [-0.39, 0.29) is 17.7 Å². The van der Waals surface area contributed by atoms with Gasteiger partial charge in [0.1, 0.15) is 0 Å². The molecule has 1 aromatic rings. The monoisotopic (exact) mass is 380 g/mol. The van der Waals surface area contributed by atoms with Crippen molar-refractivity contribution in [2.24, 2.45) is 5.92 Å². The summed E-state index contributed by atoms with van der Waals surface area (Å²) in [5.41, 5.74) is 0.720. The first-order valence-corrected chi connectivity index (χ1v) is 9.08. The van der Waals surface area contributed by atoms with Crippen LogP contribution in [0, 0.1) is 5.92 Å². The topological polar surface area (TPSA) is 76.7 Å². The SMILES string of the molecule is COc1cc(/C=C/C(=O)NCCNC(=O)C2CCCC2)cc(Cl)c1OC. The average Bonchev–Trinajstić information content (AvgIpc) is 3.17. The van der Waals surface area contributed by atoms with Crippen LogP contribution in [0.2, 0.25) is 5.02 Å². The standard InChI is InChI=1S/C19H25ClN2O4/c1-25-16-12-13(11-15(20)18(16)26-2)7-8-17(23)21-9-10-22-19(24)14-5-3-4-6-14/h7-8,11-12,14H,3-6,9-10H2,1-2H3,(H,21,23)(H,22,24)/b8-7+. The fraction of sp³-hybridized carbons (Fsp3) is 0.474. The van der Waals surface area contributed by atoms with Crippen LogP contribution in [-0.2, 0) is 9.59 Å². The van der Waals surface area contributed by atoms with Gasteiger partial charge in [-0.1, -0.05) is 24.4 Å². The van der Waals surface area contributed by atoms with E-state index >= 15 is 0 Å². The lowest BCUT2D eigenvalue weighted by Crippen LogP contribution is -2.36. The molecule has 0 saturated heterocycles. The predicted molar refractivity (Wildman–Crippen MR) is 102 cm³/mol. The highest BCUT2D eigenvalue weighted by molar-refractivity contribution is 6.32. The molecule has 1 aliphatic rings. The van der Waals surface area contributed by atoms with E-state index in [1.165, 1.54) is 20.3 Å². The Balaban J connectivity index is 1.78. The Labute approximate surface area is 158 Å². The maximum absolute atomic E-state index is 11.9. The number of halogens is 1. The van der Waals surface area contributed by atoms with E-state index in [2.05, 4.69) is 10.6 Å². The van der Waals surface area contributed by atoms with Gasteiger partial charge in [0.2, 0.25) is 11.8 Å². The molecule has 0 bridgehead atoms. The molecule has 2 amide bonds. The molecule has 142 valence electrons. The Hall–Kier alpha value is -2.21. The third-order valence-electron chi connectivity index (χ3n) is 4.33. The number of carbonyl (C=O) groups excluding carboxylic acids is 2. The highest BCUT2D eigenvalue weighted by Crippen LogP contribution is 2.36. The fourth-order valence-electron chi connectivity index (χ4n) is 2.97. The second kappa shape index (κ2) is 10.1. The summed E-state index contributed by atoms with van der Waals surface area (Å²) < 4.78 is 10.4. The zero-order chi connectivity index (χ0) is 18.9. The summed E-state index contributed by atoms with van der Waals surface area (Å²) in [6.45, 7) is 0.811. The minimum atomic E-state index is -0.244. The zero-order valence-corrected chi connectivity index (χ0v) is 15.9.